The SMILES string of the molecule is O=C(Cc1csc(NC(=O)C2CC2)n1)NCc1csc(-c2ccccc2)n1. The maximum atomic E-state index is 12.2. The van der Waals surface area contributed by atoms with E-state index < -0.39 is 0 Å². The summed E-state index contributed by atoms with van der Waals surface area (Å²) in [5.41, 5.74) is 2.57. The minimum Gasteiger partial charge on any atom is -0.350 e. The van der Waals surface area contributed by atoms with Crippen LogP contribution in [0, 0.1) is 5.92 Å². The fourth-order valence-electron chi connectivity index (χ4n) is 2.52. The number of anilines is 1. The molecule has 8 heteroatoms. The zero-order valence-corrected chi connectivity index (χ0v) is 16.1. The smallest absolute Gasteiger partial charge is 0.229 e. The third-order valence-electron chi connectivity index (χ3n) is 4.11. The average Bonchev–Trinajstić information content (AvgIpc) is 3.28. The van der Waals surface area contributed by atoms with Gasteiger partial charge in [0.2, 0.25) is 11.8 Å². The molecule has 1 aliphatic carbocycles. The van der Waals surface area contributed by atoms with Crippen LogP contribution in [-0.2, 0) is 22.6 Å². The largest absolute Gasteiger partial charge is 0.350 e. The first-order valence-corrected chi connectivity index (χ1v) is 10.4. The van der Waals surface area contributed by atoms with Crippen LogP contribution in [0.25, 0.3) is 10.6 Å². The van der Waals surface area contributed by atoms with E-state index in [2.05, 4.69) is 20.6 Å². The molecule has 138 valence electrons. The number of benzene rings is 1. The van der Waals surface area contributed by atoms with Crippen molar-refractivity contribution in [3.05, 3.63) is 52.5 Å². The number of amides is 2. The van der Waals surface area contributed by atoms with Gasteiger partial charge in [-0.05, 0) is 12.8 Å². The van der Waals surface area contributed by atoms with Crippen LogP contribution in [0.3, 0.4) is 0 Å². The Morgan fingerprint density at radius 2 is 1.81 bits per heavy atom. The molecule has 0 unspecified atom stereocenters. The minimum absolute atomic E-state index is 0.0260. The lowest BCUT2D eigenvalue weighted by atomic mass is 10.2. The highest BCUT2D eigenvalue weighted by atomic mass is 32.1. The summed E-state index contributed by atoms with van der Waals surface area (Å²) in [6.45, 7) is 0.386. The molecule has 2 heterocycles. The summed E-state index contributed by atoms with van der Waals surface area (Å²) >= 11 is 2.91. The first kappa shape index (κ1) is 17.8. The zero-order valence-electron chi connectivity index (χ0n) is 14.5. The van der Waals surface area contributed by atoms with Crippen molar-refractivity contribution in [3.8, 4) is 10.6 Å². The molecule has 1 fully saturated rings. The molecule has 3 aromatic rings. The van der Waals surface area contributed by atoms with Gasteiger partial charge in [0.1, 0.15) is 5.01 Å². The van der Waals surface area contributed by atoms with E-state index in [-0.39, 0.29) is 24.2 Å². The molecule has 1 aromatic carbocycles. The molecule has 0 saturated heterocycles. The highest BCUT2D eigenvalue weighted by molar-refractivity contribution is 7.14. The molecule has 2 N–H and O–H groups in total. The quantitative estimate of drug-likeness (QED) is 0.638. The third-order valence-corrected chi connectivity index (χ3v) is 5.86. The Hall–Kier alpha value is -2.58. The van der Waals surface area contributed by atoms with Crippen LogP contribution >= 0.6 is 22.7 Å². The summed E-state index contributed by atoms with van der Waals surface area (Å²) < 4.78 is 0. The minimum atomic E-state index is -0.116. The highest BCUT2D eigenvalue weighted by Gasteiger charge is 2.30. The summed E-state index contributed by atoms with van der Waals surface area (Å²) in [6, 6.07) is 9.96. The van der Waals surface area contributed by atoms with Crippen LogP contribution in [0.5, 0.6) is 0 Å². The molecule has 0 aliphatic heterocycles. The van der Waals surface area contributed by atoms with E-state index in [1.54, 1.807) is 16.7 Å². The van der Waals surface area contributed by atoms with Crippen molar-refractivity contribution in [2.24, 2.45) is 5.92 Å². The van der Waals surface area contributed by atoms with Gasteiger partial charge in [0.25, 0.3) is 0 Å². The number of aromatic nitrogens is 2. The second kappa shape index (κ2) is 7.98. The number of thiazole rings is 2. The van der Waals surface area contributed by atoms with Crippen LogP contribution in [0.15, 0.2) is 41.1 Å². The maximum Gasteiger partial charge on any atom is 0.229 e. The van der Waals surface area contributed by atoms with Gasteiger partial charge in [-0.1, -0.05) is 30.3 Å². The standard InChI is InChI=1S/C19H18N4O2S2/c24-16(8-14-10-27-19(22-14)23-17(25)12-6-7-12)20-9-15-11-26-18(21-15)13-4-2-1-3-5-13/h1-5,10-12H,6-9H2,(H,20,24)(H,22,23,25). The molecule has 4 rings (SSSR count). The Morgan fingerprint density at radius 3 is 2.59 bits per heavy atom. The van der Waals surface area contributed by atoms with Crippen molar-refractivity contribution in [2.45, 2.75) is 25.8 Å². The van der Waals surface area contributed by atoms with E-state index in [9.17, 15) is 9.59 Å². The summed E-state index contributed by atoms with van der Waals surface area (Å²) in [5.74, 6) is 0.0484. The maximum absolute atomic E-state index is 12.2. The molecule has 2 amide bonds. The second-order valence-corrected chi connectivity index (χ2v) is 8.09. The lowest BCUT2D eigenvalue weighted by Crippen LogP contribution is -2.24. The van der Waals surface area contributed by atoms with Crippen LogP contribution in [0.2, 0.25) is 0 Å². The Kier molecular flexibility index (Phi) is 5.26. The second-order valence-electron chi connectivity index (χ2n) is 6.37. The topological polar surface area (TPSA) is 84.0 Å². The summed E-state index contributed by atoms with van der Waals surface area (Å²) in [4.78, 5) is 32.8. The Balaban J connectivity index is 1.27. The van der Waals surface area contributed by atoms with E-state index in [1.807, 2.05) is 35.7 Å². The van der Waals surface area contributed by atoms with Crippen LogP contribution in [0.1, 0.15) is 24.2 Å². The molecule has 2 aromatic heterocycles. The number of nitrogens with one attached hydrogen (secondary N) is 2. The van der Waals surface area contributed by atoms with Gasteiger partial charge >= 0.3 is 0 Å². The van der Waals surface area contributed by atoms with Crippen molar-refractivity contribution in [2.75, 3.05) is 5.32 Å². The predicted molar refractivity (Wildman–Crippen MR) is 107 cm³/mol. The number of hydrogen-bond donors (Lipinski definition) is 2. The zero-order chi connectivity index (χ0) is 18.6. The monoisotopic (exact) mass is 398 g/mol. The van der Waals surface area contributed by atoms with E-state index in [0.717, 1.165) is 29.1 Å². The van der Waals surface area contributed by atoms with E-state index in [4.69, 9.17) is 0 Å². The molecule has 1 aliphatic rings. The molecule has 0 radical (unpaired) electrons. The van der Waals surface area contributed by atoms with Gasteiger partial charge in [-0.2, -0.15) is 0 Å². The summed E-state index contributed by atoms with van der Waals surface area (Å²) in [6.07, 6.45) is 2.09. The number of carbonyl (C=O) groups is 2. The molecular formula is C19H18N4O2S2. The molecular weight excluding hydrogens is 380 g/mol. The summed E-state index contributed by atoms with van der Waals surface area (Å²) in [5, 5.41) is 10.9. The molecule has 1 saturated carbocycles. The molecule has 0 bridgehead atoms. The fraction of sp³-hybridized carbons (Fsp3) is 0.263. The predicted octanol–water partition coefficient (Wildman–Crippen LogP) is 3.47. The van der Waals surface area contributed by atoms with Crippen molar-refractivity contribution in [1.29, 1.82) is 0 Å². The molecule has 6 nitrogen and oxygen atoms in total. The van der Waals surface area contributed by atoms with Crippen molar-refractivity contribution < 1.29 is 9.59 Å². The van der Waals surface area contributed by atoms with E-state index in [1.165, 1.54) is 11.3 Å². The van der Waals surface area contributed by atoms with Gasteiger partial charge in [-0.3, -0.25) is 9.59 Å². The normalized spacial score (nSPS) is 13.3. The molecule has 0 spiro atoms. The third kappa shape index (κ3) is 4.78. The lowest BCUT2D eigenvalue weighted by Gasteiger charge is -2.02. The van der Waals surface area contributed by atoms with Crippen molar-refractivity contribution in [1.82, 2.24) is 15.3 Å². The first-order valence-electron chi connectivity index (χ1n) is 8.69. The van der Waals surface area contributed by atoms with Gasteiger partial charge in [0.15, 0.2) is 5.13 Å². The first-order chi connectivity index (χ1) is 13.2. The van der Waals surface area contributed by atoms with Gasteiger partial charge < -0.3 is 10.6 Å². The Bertz CT molecular complexity index is 948. The van der Waals surface area contributed by atoms with Gasteiger partial charge in [-0.15, -0.1) is 22.7 Å². The van der Waals surface area contributed by atoms with E-state index >= 15 is 0 Å². The van der Waals surface area contributed by atoms with Gasteiger partial charge in [0.05, 0.1) is 24.4 Å². The Morgan fingerprint density at radius 1 is 1.04 bits per heavy atom. The highest BCUT2D eigenvalue weighted by Crippen LogP contribution is 2.30. The van der Waals surface area contributed by atoms with Crippen LogP contribution in [-0.4, -0.2) is 21.8 Å². The van der Waals surface area contributed by atoms with Crippen LogP contribution in [0.4, 0.5) is 5.13 Å². The fourth-order valence-corrected chi connectivity index (χ4v) is 4.06. The number of hydrogen-bond acceptors (Lipinski definition) is 6. The number of rotatable bonds is 7. The Labute approximate surface area is 164 Å². The number of carbonyl (C=O) groups excluding carboxylic acids is 2. The van der Waals surface area contributed by atoms with Crippen LogP contribution < -0.4 is 10.6 Å². The number of nitrogens with zero attached hydrogens (tertiary/aromatic N) is 2. The molecule has 0 atom stereocenters. The molecule has 27 heavy (non-hydrogen) atoms. The lowest BCUT2D eigenvalue weighted by molar-refractivity contribution is -0.120. The van der Waals surface area contributed by atoms with Gasteiger partial charge in [0, 0.05) is 22.2 Å². The van der Waals surface area contributed by atoms with Gasteiger partial charge in [-0.25, -0.2) is 9.97 Å². The van der Waals surface area contributed by atoms with Crippen molar-refractivity contribution >= 4 is 39.6 Å². The van der Waals surface area contributed by atoms with E-state index in [0.29, 0.717) is 17.4 Å². The summed E-state index contributed by atoms with van der Waals surface area (Å²) in [7, 11) is 0. The van der Waals surface area contributed by atoms with Crippen molar-refractivity contribution in [3.63, 3.8) is 0 Å². The average molecular weight is 399 g/mol.